The molecule has 0 saturated carbocycles. The summed E-state index contributed by atoms with van der Waals surface area (Å²) >= 11 is 0. The molecule has 0 heterocycles. The Morgan fingerprint density at radius 2 is 1.29 bits per heavy atom. The van der Waals surface area contributed by atoms with E-state index < -0.39 is 8.80 Å². The zero-order valence-corrected chi connectivity index (χ0v) is 14.3. The van der Waals surface area contributed by atoms with E-state index in [2.05, 4.69) is 0 Å². The Balaban J connectivity index is 3.02. The number of rotatable bonds is 11. The van der Waals surface area contributed by atoms with Gasteiger partial charge in [0.05, 0.1) is 0 Å². The number of carbonyl (C=O) groups excluding carboxylic acids is 1. The summed E-state index contributed by atoms with van der Waals surface area (Å²) < 4.78 is 17.5. The summed E-state index contributed by atoms with van der Waals surface area (Å²) in [4.78, 5) is 12.9. The molecular formula is C16H26O4Si. The lowest BCUT2D eigenvalue weighted by atomic mass is 10.2. The number of benzene rings is 1. The van der Waals surface area contributed by atoms with Gasteiger partial charge in [0, 0.05) is 25.4 Å². The minimum absolute atomic E-state index is 0.140. The van der Waals surface area contributed by atoms with Crippen molar-refractivity contribution < 1.29 is 18.1 Å². The van der Waals surface area contributed by atoms with Crippen molar-refractivity contribution in [2.45, 2.75) is 40.0 Å². The van der Waals surface area contributed by atoms with Crippen LogP contribution in [-0.2, 0) is 13.3 Å². The molecule has 21 heavy (non-hydrogen) atoms. The molecular weight excluding hydrogens is 284 g/mol. The topological polar surface area (TPSA) is 44.8 Å². The minimum Gasteiger partial charge on any atom is -0.368 e. The van der Waals surface area contributed by atoms with Crippen LogP contribution in [0.5, 0.6) is 0 Å². The van der Waals surface area contributed by atoms with Gasteiger partial charge in [-0.2, -0.15) is 0 Å². The van der Waals surface area contributed by atoms with Gasteiger partial charge >= 0.3 is 8.80 Å². The SMILES string of the molecule is CCCO[Si](OCCC)(OCCC)C(=O)c1ccccc1. The number of hydrogen-bond donors (Lipinski definition) is 0. The highest BCUT2D eigenvalue weighted by Crippen LogP contribution is 2.18. The second-order valence-electron chi connectivity index (χ2n) is 4.80. The quantitative estimate of drug-likeness (QED) is 0.586. The van der Waals surface area contributed by atoms with Crippen molar-refractivity contribution in [3.05, 3.63) is 35.9 Å². The summed E-state index contributed by atoms with van der Waals surface area (Å²) in [5.74, 6) is 0. The molecule has 0 radical (unpaired) electrons. The molecule has 1 aromatic rings. The zero-order valence-electron chi connectivity index (χ0n) is 13.3. The molecule has 0 aliphatic carbocycles. The Morgan fingerprint density at radius 1 is 0.857 bits per heavy atom. The van der Waals surface area contributed by atoms with Crippen molar-refractivity contribution in [1.82, 2.24) is 0 Å². The fraction of sp³-hybridized carbons (Fsp3) is 0.562. The van der Waals surface area contributed by atoms with Crippen LogP contribution in [0.1, 0.15) is 50.4 Å². The van der Waals surface area contributed by atoms with Crippen LogP contribution < -0.4 is 0 Å². The van der Waals surface area contributed by atoms with Gasteiger partial charge in [0.2, 0.25) is 5.41 Å². The Kier molecular flexibility index (Phi) is 8.45. The average Bonchev–Trinajstić information content (AvgIpc) is 2.55. The Labute approximate surface area is 128 Å². The second-order valence-corrected chi connectivity index (χ2v) is 7.23. The molecule has 0 aliphatic heterocycles. The van der Waals surface area contributed by atoms with Gasteiger partial charge in [0.15, 0.2) is 0 Å². The monoisotopic (exact) mass is 310 g/mol. The van der Waals surface area contributed by atoms with Crippen molar-refractivity contribution in [3.63, 3.8) is 0 Å². The molecule has 0 fully saturated rings. The first-order valence-corrected chi connectivity index (χ1v) is 9.44. The summed E-state index contributed by atoms with van der Waals surface area (Å²) in [5, 5.41) is -0.140. The lowest BCUT2D eigenvalue weighted by molar-refractivity contribution is 0.0491. The molecule has 1 aromatic carbocycles. The second kappa shape index (κ2) is 9.84. The van der Waals surface area contributed by atoms with Crippen LogP contribution in [0.2, 0.25) is 0 Å². The van der Waals surface area contributed by atoms with E-state index in [1.165, 1.54) is 0 Å². The molecule has 0 unspecified atom stereocenters. The van der Waals surface area contributed by atoms with Crippen LogP contribution in [0.15, 0.2) is 30.3 Å². The first kappa shape index (κ1) is 18.0. The largest absolute Gasteiger partial charge is 0.579 e. The van der Waals surface area contributed by atoms with E-state index in [0.717, 1.165) is 19.3 Å². The average molecular weight is 310 g/mol. The van der Waals surface area contributed by atoms with Crippen molar-refractivity contribution in [3.8, 4) is 0 Å². The third kappa shape index (κ3) is 5.35. The molecule has 4 nitrogen and oxygen atoms in total. The third-order valence-electron chi connectivity index (χ3n) is 2.80. The van der Waals surface area contributed by atoms with E-state index in [-0.39, 0.29) is 5.41 Å². The van der Waals surface area contributed by atoms with E-state index in [4.69, 9.17) is 13.3 Å². The fourth-order valence-electron chi connectivity index (χ4n) is 1.80. The van der Waals surface area contributed by atoms with Crippen LogP contribution in [-0.4, -0.2) is 34.0 Å². The zero-order chi connectivity index (χ0) is 15.6. The highest BCUT2D eigenvalue weighted by atomic mass is 28.4. The third-order valence-corrected chi connectivity index (χ3v) is 5.40. The molecule has 0 amide bonds. The molecule has 0 aliphatic rings. The molecule has 1 rings (SSSR count). The van der Waals surface area contributed by atoms with Crippen LogP contribution in [0.3, 0.4) is 0 Å². The minimum atomic E-state index is -3.34. The molecule has 5 heteroatoms. The predicted molar refractivity (Wildman–Crippen MR) is 85.3 cm³/mol. The van der Waals surface area contributed by atoms with Gasteiger partial charge in [-0.05, 0) is 19.3 Å². The fourth-order valence-corrected chi connectivity index (χ4v) is 4.38. The smallest absolute Gasteiger partial charge is 0.368 e. The molecule has 0 spiro atoms. The molecule has 0 N–H and O–H groups in total. The Morgan fingerprint density at radius 3 is 1.67 bits per heavy atom. The molecule has 0 atom stereocenters. The highest BCUT2D eigenvalue weighted by Gasteiger charge is 2.50. The van der Waals surface area contributed by atoms with Crippen LogP contribution in [0, 0.1) is 0 Å². The van der Waals surface area contributed by atoms with Crippen LogP contribution in [0.25, 0.3) is 0 Å². The van der Waals surface area contributed by atoms with Crippen molar-refractivity contribution in [2.75, 3.05) is 19.8 Å². The predicted octanol–water partition coefficient (Wildman–Crippen LogP) is 3.63. The van der Waals surface area contributed by atoms with Gasteiger partial charge < -0.3 is 13.3 Å². The Bertz CT molecular complexity index is 386. The summed E-state index contributed by atoms with van der Waals surface area (Å²) in [6, 6.07) is 9.12. The maximum Gasteiger partial charge on any atom is 0.579 e. The molecule has 0 saturated heterocycles. The standard InChI is InChI=1S/C16H26O4Si/c1-4-12-18-21(19-13-5-2,20-14-6-3)16(17)15-10-8-7-9-11-15/h7-11H,4-6,12-14H2,1-3H3. The van der Waals surface area contributed by atoms with Gasteiger partial charge in [0.1, 0.15) is 0 Å². The van der Waals surface area contributed by atoms with E-state index in [0.29, 0.717) is 25.4 Å². The maximum absolute atomic E-state index is 12.9. The normalized spacial score (nSPS) is 11.6. The first-order chi connectivity index (χ1) is 10.2. The van der Waals surface area contributed by atoms with Crippen molar-refractivity contribution in [2.24, 2.45) is 0 Å². The summed E-state index contributed by atoms with van der Waals surface area (Å²) in [7, 11) is -3.34. The number of hydrogen-bond acceptors (Lipinski definition) is 4. The summed E-state index contributed by atoms with van der Waals surface area (Å²) in [6.45, 7) is 7.43. The molecule has 118 valence electrons. The van der Waals surface area contributed by atoms with Crippen LogP contribution in [0.4, 0.5) is 0 Å². The lowest BCUT2D eigenvalue weighted by Crippen LogP contribution is -2.54. The summed E-state index contributed by atoms with van der Waals surface area (Å²) in [5.41, 5.74) is 0.590. The molecule has 0 bridgehead atoms. The van der Waals surface area contributed by atoms with E-state index >= 15 is 0 Å². The van der Waals surface area contributed by atoms with Crippen LogP contribution >= 0.6 is 0 Å². The van der Waals surface area contributed by atoms with E-state index in [9.17, 15) is 4.79 Å². The van der Waals surface area contributed by atoms with Gasteiger partial charge in [-0.15, -0.1) is 0 Å². The lowest BCUT2D eigenvalue weighted by Gasteiger charge is -2.28. The molecule has 0 aromatic heterocycles. The van der Waals surface area contributed by atoms with Gasteiger partial charge in [-0.3, -0.25) is 4.79 Å². The van der Waals surface area contributed by atoms with Crippen molar-refractivity contribution in [1.29, 1.82) is 0 Å². The van der Waals surface area contributed by atoms with Crippen molar-refractivity contribution >= 4 is 14.2 Å². The van der Waals surface area contributed by atoms with Gasteiger partial charge in [-0.25, -0.2) is 0 Å². The first-order valence-electron chi connectivity index (χ1n) is 7.71. The van der Waals surface area contributed by atoms with E-state index in [1.807, 2.05) is 39.0 Å². The van der Waals surface area contributed by atoms with Gasteiger partial charge in [0.25, 0.3) is 0 Å². The van der Waals surface area contributed by atoms with E-state index in [1.54, 1.807) is 12.1 Å². The highest BCUT2D eigenvalue weighted by molar-refractivity contribution is 6.94. The Hall–Kier alpha value is -1.01. The van der Waals surface area contributed by atoms with Gasteiger partial charge in [-0.1, -0.05) is 51.1 Å². The maximum atomic E-state index is 12.9. The summed E-state index contributed by atoms with van der Waals surface area (Å²) in [6.07, 6.45) is 2.46. The number of carbonyl (C=O) groups is 1.